The predicted molar refractivity (Wildman–Crippen MR) is 87.4 cm³/mol. The van der Waals surface area contributed by atoms with Crippen LogP contribution in [0.2, 0.25) is 0 Å². The summed E-state index contributed by atoms with van der Waals surface area (Å²) in [4.78, 5) is 0. The molecule has 3 aromatic carbocycles. The minimum absolute atomic E-state index is 1.63. The first-order valence-corrected chi connectivity index (χ1v) is 8.99. The Labute approximate surface area is 186 Å². The minimum atomic E-state index is -3.81. The summed E-state index contributed by atoms with van der Waals surface area (Å²) in [7, 11) is 0. The Bertz CT molecular complexity index is 1110. The molecule has 182 valence electrons. The normalized spacial score (nSPS) is 11.6. The van der Waals surface area contributed by atoms with E-state index >= 15 is 0 Å². The quantitative estimate of drug-likeness (QED) is 0.131. The highest BCUT2D eigenvalue weighted by atomic mass is 79.9. The van der Waals surface area contributed by atoms with Gasteiger partial charge in [0.05, 0.1) is 10.4 Å². The average Bonchev–Trinajstić information content (AvgIpc) is 2.81. The molecule has 0 aliphatic rings. The molecule has 15 heteroatoms. The summed E-state index contributed by atoms with van der Waals surface area (Å²) < 4.78 is 195. The molecule has 0 amide bonds. The van der Waals surface area contributed by atoms with Crippen molar-refractivity contribution in [1.82, 2.24) is 0 Å². The van der Waals surface area contributed by atoms with Crippen LogP contribution in [-0.2, 0) is 0 Å². The van der Waals surface area contributed by atoms with Crippen molar-refractivity contribution < 1.29 is 61.5 Å². The summed E-state index contributed by atoms with van der Waals surface area (Å²) in [5.41, 5.74) is -7.61. The van der Waals surface area contributed by atoms with E-state index in [0.717, 1.165) is 0 Å². The van der Waals surface area contributed by atoms with Crippen LogP contribution in [0.5, 0.6) is 0 Å². The van der Waals surface area contributed by atoms with E-state index in [1.54, 1.807) is 0 Å². The van der Waals surface area contributed by atoms with Crippen LogP contribution in [-0.4, -0.2) is 0 Å². The highest BCUT2D eigenvalue weighted by Gasteiger charge is 2.42. The largest absolute Gasteiger partial charge is 0.203 e. The first kappa shape index (κ1) is 25.8. The van der Waals surface area contributed by atoms with E-state index in [4.69, 9.17) is 0 Å². The Kier molecular flexibility index (Phi) is 6.63. The van der Waals surface area contributed by atoms with Gasteiger partial charge in [-0.05, 0) is 15.9 Å². The maximum Gasteiger partial charge on any atom is 0.200 e. The van der Waals surface area contributed by atoms with Gasteiger partial charge in [0.15, 0.2) is 69.8 Å². The molecule has 0 radical (unpaired) electrons. The maximum atomic E-state index is 14.6. The van der Waals surface area contributed by atoms with Crippen LogP contribution in [0.1, 0.15) is 22.6 Å². The van der Waals surface area contributed by atoms with Gasteiger partial charge in [-0.3, -0.25) is 0 Å². The van der Waals surface area contributed by atoms with Crippen LogP contribution in [0.3, 0.4) is 0 Å². The lowest BCUT2D eigenvalue weighted by atomic mass is 9.82. The number of hydrogen-bond donors (Lipinski definition) is 0. The van der Waals surface area contributed by atoms with Crippen LogP contribution < -0.4 is 0 Å². The zero-order valence-corrected chi connectivity index (χ0v) is 16.8. The second-order valence-electron chi connectivity index (χ2n) is 6.38. The Balaban J connectivity index is 2.68. The molecular formula is C19HBrF14. The van der Waals surface area contributed by atoms with Crippen molar-refractivity contribution in [2.24, 2.45) is 0 Å². The fraction of sp³-hybridized carbons (Fsp3) is 0.0526. The third-order valence-electron chi connectivity index (χ3n) is 4.60. The summed E-state index contributed by atoms with van der Waals surface area (Å²) in [5.74, 6) is -43.6. The van der Waals surface area contributed by atoms with Gasteiger partial charge >= 0.3 is 0 Å². The Morgan fingerprint density at radius 1 is 0.294 bits per heavy atom. The second-order valence-corrected chi connectivity index (χ2v) is 7.18. The lowest BCUT2D eigenvalue weighted by Gasteiger charge is -2.24. The standard InChI is InChI=1S/C19HBrF14/c20-5-12(27)6(21)2(7(22)13(5)28)1(3-8(23)14(29)18(33)15(30)9(3)24)4-10(25)16(31)19(34)17(32)11(4)26/h1H. The van der Waals surface area contributed by atoms with Gasteiger partial charge < -0.3 is 0 Å². The van der Waals surface area contributed by atoms with Gasteiger partial charge in [0.2, 0.25) is 11.6 Å². The molecule has 0 unspecified atom stereocenters. The lowest BCUT2D eigenvalue weighted by molar-refractivity contribution is 0.353. The van der Waals surface area contributed by atoms with E-state index in [0.29, 0.717) is 0 Å². The van der Waals surface area contributed by atoms with Crippen molar-refractivity contribution in [3.63, 3.8) is 0 Å². The molecule has 0 spiro atoms. The van der Waals surface area contributed by atoms with Crippen molar-refractivity contribution in [2.75, 3.05) is 0 Å². The van der Waals surface area contributed by atoms with E-state index in [1.807, 2.05) is 15.9 Å². The summed E-state index contributed by atoms with van der Waals surface area (Å²) >= 11 is 2.03. The predicted octanol–water partition coefficient (Wildman–Crippen LogP) is 7.58. The van der Waals surface area contributed by atoms with Crippen molar-refractivity contribution in [3.8, 4) is 0 Å². The zero-order valence-electron chi connectivity index (χ0n) is 15.2. The van der Waals surface area contributed by atoms with Crippen LogP contribution >= 0.6 is 15.9 Å². The highest BCUT2D eigenvalue weighted by molar-refractivity contribution is 9.10. The van der Waals surface area contributed by atoms with Crippen molar-refractivity contribution in [3.05, 3.63) is 103 Å². The van der Waals surface area contributed by atoms with Crippen LogP contribution in [0.4, 0.5) is 61.5 Å². The van der Waals surface area contributed by atoms with E-state index in [9.17, 15) is 61.5 Å². The lowest BCUT2D eigenvalue weighted by Crippen LogP contribution is -2.21. The number of rotatable bonds is 3. The fourth-order valence-electron chi connectivity index (χ4n) is 3.06. The SMILES string of the molecule is Fc1c(F)c(F)c(C(c2c(F)c(F)c(F)c(F)c2F)c2c(F)c(F)c(Br)c(F)c2F)c(F)c1F. The van der Waals surface area contributed by atoms with E-state index in [1.165, 1.54) is 0 Å². The highest BCUT2D eigenvalue weighted by Crippen LogP contribution is 2.44. The number of hydrogen-bond acceptors (Lipinski definition) is 0. The Morgan fingerprint density at radius 2 is 0.471 bits per heavy atom. The van der Waals surface area contributed by atoms with Crippen molar-refractivity contribution in [2.45, 2.75) is 5.92 Å². The molecule has 0 N–H and O–H groups in total. The van der Waals surface area contributed by atoms with Crippen LogP contribution in [0.15, 0.2) is 4.47 Å². The van der Waals surface area contributed by atoms with Gasteiger partial charge in [0.1, 0.15) is 0 Å². The van der Waals surface area contributed by atoms with Gasteiger partial charge in [-0.1, -0.05) is 0 Å². The van der Waals surface area contributed by atoms with E-state index in [-0.39, 0.29) is 0 Å². The van der Waals surface area contributed by atoms with Gasteiger partial charge in [-0.15, -0.1) is 0 Å². The molecule has 0 nitrogen and oxygen atoms in total. The molecule has 0 aromatic heterocycles. The minimum Gasteiger partial charge on any atom is -0.203 e. The summed E-state index contributed by atoms with van der Waals surface area (Å²) in [5, 5.41) is 0. The molecule has 0 heterocycles. The molecular weight excluding hydrogens is 574 g/mol. The molecule has 0 saturated carbocycles. The molecule has 0 fully saturated rings. The average molecular weight is 575 g/mol. The number of benzene rings is 3. The molecule has 0 atom stereocenters. The van der Waals surface area contributed by atoms with Gasteiger partial charge in [-0.25, -0.2) is 61.5 Å². The summed E-state index contributed by atoms with van der Waals surface area (Å²) in [6.45, 7) is 0. The monoisotopic (exact) mass is 574 g/mol. The van der Waals surface area contributed by atoms with Crippen molar-refractivity contribution in [1.29, 1.82) is 0 Å². The third kappa shape index (κ3) is 3.51. The molecule has 0 aliphatic heterocycles. The van der Waals surface area contributed by atoms with Gasteiger partial charge in [-0.2, -0.15) is 0 Å². The summed E-state index contributed by atoms with van der Waals surface area (Å²) in [6, 6.07) is 0. The third-order valence-corrected chi connectivity index (χ3v) is 5.29. The summed E-state index contributed by atoms with van der Waals surface area (Å²) in [6.07, 6.45) is 0. The molecule has 0 aliphatic carbocycles. The molecule has 0 saturated heterocycles. The van der Waals surface area contributed by atoms with Crippen LogP contribution in [0.25, 0.3) is 0 Å². The zero-order chi connectivity index (χ0) is 26.0. The molecule has 3 rings (SSSR count). The topological polar surface area (TPSA) is 0 Å². The van der Waals surface area contributed by atoms with E-state index in [2.05, 4.69) is 0 Å². The smallest absolute Gasteiger partial charge is 0.200 e. The molecule has 0 bridgehead atoms. The molecule has 3 aromatic rings. The van der Waals surface area contributed by atoms with E-state index < -0.39 is 109 Å². The Morgan fingerprint density at radius 3 is 0.706 bits per heavy atom. The maximum absolute atomic E-state index is 14.6. The van der Waals surface area contributed by atoms with Gasteiger partial charge in [0.25, 0.3) is 0 Å². The molecule has 34 heavy (non-hydrogen) atoms. The van der Waals surface area contributed by atoms with Crippen molar-refractivity contribution >= 4 is 15.9 Å². The van der Waals surface area contributed by atoms with Gasteiger partial charge in [0, 0.05) is 16.7 Å². The number of halogens is 15. The fourth-order valence-corrected chi connectivity index (χ4v) is 3.41. The first-order chi connectivity index (χ1) is 15.7. The van der Waals surface area contributed by atoms with Crippen LogP contribution in [0, 0.1) is 81.4 Å². The second kappa shape index (κ2) is 8.74. The first-order valence-electron chi connectivity index (χ1n) is 8.20. The Hall–Kier alpha value is -2.84.